The number of methoxy groups -OCH3 is 1. The summed E-state index contributed by atoms with van der Waals surface area (Å²) in [4.78, 5) is 12.6. The van der Waals surface area contributed by atoms with Crippen LogP contribution in [0.1, 0.15) is 28.8 Å². The Morgan fingerprint density at radius 2 is 1.82 bits per heavy atom. The first-order valence-corrected chi connectivity index (χ1v) is 11.5. The van der Waals surface area contributed by atoms with Gasteiger partial charge >= 0.3 is 12.1 Å². The summed E-state index contributed by atoms with van der Waals surface area (Å²) in [6, 6.07) is 6.10. The highest BCUT2D eigenvalue weighted by atomic mass is 32.2. The molecule has 0 radical (unpaired) electrons. The molecule has 2 aliphatic rings. The van der Waals surface area contributed by atoms with Crippen LogP contribution in [0, 0.1) is 0 Å². The molecule has 0 aromatic heterocycles. The van der Waals surface area contributed by atoms with E-state index in [0.29, 0.717) is 13.1 Å². The van der Waals surface area contributed by atoms with Gasteiger partial charge in [0.05, 0.1) is 41.8 Å². The molecule has 2 bridgehead atoms. The van der Waals surface area contributed by atoms with Crippen LogP contribution < -0.4 is 14.4 Å². The first-order chi connectivity index (χ1) is 15.5. The number of aromatic carboxylic acids is 1. The highest BCUT2D eigenvalue weighted by molar-refractivity contribution is 7.92. The standard InChI is InChI=1S/C21H21F3N2O6S/c1-31-18-7-2-12(20(27)28)8-19(18)33(29,30)25-16-9-13(21(22,23)24)3-6-17(16)26-10-14-4-5-15(11-26)32-14/h2-3,6-9,14-15,25H,4-5,10-11H2,1H3,(H,27,28). The van der Waals surface area contributed by atoms with Gasteiger partial charge < -0.3 is 19.5 Å². The molecule has 0 spiro atoms. The number of carboxylic acids is 1. The van der Waals surface area contributed by atoms with Gasteiger partial charge in [0.2, 0.25) is 0 Å². The molecule has 2 aromatic carbocycles. The topological polar surface area (TPSA) is 105 Å². The maximum Gasteiger partial charge on any atom is 0.416 e. The SMILES string of the molecule is COc1ccc(C(=O)O)cc1S(=O)(=O)Nc1cc(C(F)(F)F)ccc1N1CC2CCC(C1)O2. The van der Waals surface area contributed by atoms with Crippen LogP contribution in [-0.2, 0) is 20.9 Å². The summed E-state index contributed by atoms with van der Waals surface area (Å²) in [6.07, 6.45) is -3.21. The molecule has 178 valence electrons. The second kappa shape index (κ2) is 8.41. The number of ether oxygens (including phenoxy) is 2. The second-order valence-corrected chi connectivity index (χ2v) is 9.52. The number of carboxylic acid groups (broad SMARTS) is 1. The summed E-state index contributed by atoms with van der Waals surface area (Å²) in [5.41, 5.74) is -1.33. The summed E-state index contributed by atoms with van der Waals surface area (Å²) in [5.74, 6) is -1.51. The number of rotatable bonds is 6. The van der Waals surface area contributed by atoms with E-state index in [2.05, 4.69) is 4.72 Å². The monoisotopic (exact) mass is 486 g/mol. The lowest BCUT2D eigenvalue weighted by Gasteiger charge is -2.35. The third kappa shape index (κ3) is 4.71. The molecule has 2 N–H and O–H groups in total. The number of nitrogens with one attached hydrogen (secondary N) is 1. The quantitative estimate of drug-likeness (QED) is 0.643. The van der Waals surface area contributed by atoms with E-state index in [9.17, 15) is 31.5 Å². The van der Waals surface area contributed by atoms with Crippen molar-refractivity contribution < 1.29 is 41.0 Å². The third-order valence-corrected chi connectivity index (χ3v) is 7.04. The first kappa shape index (κ1) is 23.2. The van der Waals surface area contributed by atoms with Crippen LogP contribution in [0.4, 0.5) is 24.5 Å². The van der Waals surface area contributed by atoms with Crippen molar-refractivity contribution in [3.63, 3.8) is 0 Å². The number of carbonyl (C=O) groups is 1. The number of hydrogen-bond acceptors (Lipinski definition) is 6. The molecule has 12 heteroatoms. The number of hydrogen-bond donors (Lipinski definition) is 2. The largest absolute Gasteiger partial charge is 0.495 e. The fraction of sp³-hybridized carbons (Fsp3) is 0.381. The van der Waals surface area contributed by atoms with Crippen LogP contribution in [0.3, 0.4) is 0 Å². The molecule has 2 unspecified atom stereocenters. The zero-order valence-corrected chi connectivity index (χ0v) is 18.2. The highest BCUT2D eigenvalue weighted by Crippen LogP contribution is 2.39. The van der Waals surface area contributed by atoms with E-state index in [1.165, 1.54) is 25.3 Å². The molecule has 0 saturated carbocycles. The van der Waals surface area contributed by atoms with Crippen LogP contribution in [-0.4, -0.2) is 51.9 Å². The number of anilines is 2. The molecule has 2 aromatic rings. The molecule has 2 saturated heterocycles. The smallest absolute Gasteiger partial charge is 0.416 e. The van der Waals surface area contributed by atoms with E-state index in [-0.39, 0.29) is 34.9 Å². The number of fused-ring (bicyclic) bond motifs is 2. The zero-order valence-electron chi connectivity index (χ0n) is 17.4. The van der Waals surface area contributed by atoms with Crippen molar-refractivity contribution in [1.82, 2.24) is 0 Å². The lowest BCUT2D eigenvalue weighted by atomic mass is 10.1. The average Bonchev–Trinajstić information content (AvgIpc) is 3.09. The van der Waals surface area contributed by atoms with Gasteiger partial charge in [-0.1, -0.05) is 0 Å². The van der Waals surface area contributed by atoms with E-state index >= 15 is 0 Å². The first-order valence-electron chi connectivity index (χ1n) is 10.0. The Hall–Kier alpha value is -2.99. The van der Waals surface area contributed by atoms with Gasteiger partial charge in [0.15, 0.2) is 0 Å². The third-order valence-electron chi connectivity index (χ3n) is 5.65. The van der Waals surface area contributed by atoms with Gasteiger partial charge in [-0.15, -0.1) is 0 Å². The van der Waals surface area contributed by atoms with Gasteiger partial charge in [-0.25, -0.2) is 13.2 Å². The highest BCUT2D eigenvalue weighted by Gasteiger charge is 2.37. The maximum atomic E-state index is 13.4. The molecule has 2 fully saturated rings. The van der Waals surface area contributed by atoms with Crippen LogP contribution in [0.25, 0.3) is 0 Å². The Labute approximate surface area is 188 Å². The molecule has 2 atom stereocenters. The van der Waals surface area contributed by atoms with Crippen molar-refractivity contribution in [3.8, 4) is 5.75 Å². The zero-order chi connectivity index (χ0) is 24.0. The van der Waals surface area contributed by atoms with E-state index < -0.39 is 32.6 Å². The van der Waals surface area contributed by atoms with Crippen LogP contribution in [0.15, 0.2) is 41.3 Å². The summed E-state index contributed by atoms with van der Waals surface area (Å²) < 4.78 is 79.6. The predicted octanol–water partition coefficient (Wildman–Crippen LogP) is 3.58. The van der Waals surface area contributed by atoms with Crippen molar-refractivity contribution in [1.29, 1.82) is 0 Å². The van der Waals surface area contributed by atoms with Gasteiger partial charge in [0.1, 0.15) is 10.6 Å². The van der Waals surface area contributed by atoms with Crippen LogP contribution in [0.5, 0.6) is 5.75 Å². The van der Waals surface area contributed by atoms with Gasteiger partial charge in [0, 0.05) is 13.1 Å². The number of halogens is 3. The van der Waals surface area contributed by atoms with Crippen LogP contribution >= 0.6 is 0 Å². The summed E-state index contributed by atoms with van der Waals surface area (Å²) in [5, 5.41) is 9.22. The average molecular weight is 486 g/mol. The van der Waals surface area contributed by atoms with E-state index in [1.807, 2.05) is 0 Å². The van der Waals surface area contributed by atoms with Gasteiger partial charge in [0.25, 0.3) is 10.0 Å². The molecule has 2 heterocycles. The fourth-order valence-corrected chi connectivity index (χ4v) is 5.36. The Morgan fingerprint density at radius 3 is 2.39 bits per heavy atom. The molecular weight excluding hydrogens is 465 g/mol. The molecule has 8 nitrogen and oxygen atoms in total. The number of sulfonamides is 1. The normalized spacial score (nSPS) is 20.5. The lowest BCUT2D eigenvalue weighted by molar-refractivity contribution is -0.137. The van der Waals surface area contributed by atoms with E-state index in [0.717, 1.165) is 31.0 Å². The predicted molar refractivity (Wildman–Crippen MR) is 112 cm³/mol. The molecular formula is C21H21F3N2O6S. The van der Waals surface area contributed by atoms with Crippen molar-refractivity contribution >= 4 is 27.4 Å². The molecule has 4 rings (SSSR count). The Morgan fingerprint density at radius 1 is 1.15 bits per heavy atom. The molecule has 2 aliphatic heterocycles. The number of morpholine rings is 1. The van der Waals surface area contributed by atoms with E-state index in [4.69, 9.17) is 9.47 Å². The van der Waals surface area contributed by atoms with Gasteiger partial charge in [-0.2, -0.15) is 13.2 Å². The molecule has 33 heavy (non-hydrogen) atoms. The van der Waals surface area contributed by atoms with Crippen molar-refractivity contribution in [2.24, 2.45) is 0 Å². The Bertz CT molecular complexity index is 1170. The van der Waals surface area contributed by atoms with Gasteiger partial charge in [-0.05, 0) is 49.2 Å². The van der Waals surface area contributed by atoms with E-state index in [1.54, 1.807) is 4.90 Å². The minimum absolute atomic E-state index is 0.0807. The summed E-state index contributed by atoms with van der Waals surface area (Å²) in [7, 11) is -3.31. The summed E-state index contributed by atoms with van der Waals surface area (Å²) in [6.45, 7) is 0.822. The van der Waals surface area contributed by atoms with Crippen LogP contribution in [0.2, 0.25) is 0 Å². The second-order valence-electron chi connectivity index (χ2n) is 7.87. The summed E-state index contributed by atoms with van der Waals surface area (Å²) >= 11 is 0. The fourth-order valence-electron chi connectivity index (χ4n) is 4.10. The van der Waals surface area contributed by atoms with Crippen molar-refractivity contribution in [2.75, 3.05) is 29.8 Å². The Kier molecular flexibility index (Phi) is 5.91. The minimum Gasteiger partial charge on any atom is -0.495 e. The van der Waals surface area contributed by atoms with Crippen molar-refractivity contribution in [2.45, 2.75) is 36.1 Å². The molecule has 0 amide bonds. The van der Waals surface area contributed by atoms with Crippen molar-refractivity contribution in [3.05, 3.63) is 47.5 Å². The number of nitrogens with zero attached hydrogens (tertiary/aromatic N) is 1. The Balaban J connectivity index is 1.77. The molecule has 0 aliphatic carbocycles. The lowest BCUT2D eigenvalue weighted by Crippen LogP contribution is -2.43. The van der Waals surface area contributed by atoms with Gasteiger partial charge in [-0.3, -0.25) is 4.72 Å². The number of alkyl halides is 3. The number of benzene rings is 2. The maximum absolute atomic E-state index is 13.4. The minimum atomic E-state index is -4.69.